The molecule has 1 N–H and O–H groups in total. The molecule has 2 amide bonds. The fraction of sp³-hybridized carbons (Fsp3) is 0.368. The normalized spacial score (nSPS) is 17.6. The molecule has 1 aliphatic heterocycles. The van der Waals surface area contributed by atoms with Crippen molar-refractivity contribution in [3.05, 3.63) is 50.7 Å². The minimum atomic E-state index is -3.10. The number of rotatable bonds is 5. The van der Waals surface area contributed by atoms with E-state index in [1.165, 1.54) is 6.20 Å². The molecule has 1 saturated heterocycles. The molecule has 1 aliphatic rings. The van der Waals surface area contributed by atoms with Crippen LogP contribution >= 0.6 is 27.5 Å². The number of nitrogens with one attached hydrogen (secondary N) is 1. The van der Waals surface area contributed by atoms with Crippen molar-refractivity contribution in [2.24, 2.45) is 0 Å². The van der Waals surface area contributed by atoms with Crippen LogP contribution in [0.25, 0.3) is 0 Å². The van der Waals surface area contributed by atoms with Gasteiger partial charge in [0.15, 0.2) is 0 Å². The Hall–Kier alpha value is -2.51. The number of carbonyl (C=O) groups excluding carboxylic acids is 2. The van der Waals surface area contributed by atoms with Gasteiger partial charge in [0.05, 0.1) is 42.0 Å². The lowest BCUT2D eigenvalue weighted by molar-refractivity contribution is -0.131. The van der Waals surface area contributed by atoms with Gasteiger partial charge in [0.25, 0.3) is 11.8 Å². The topological polar surface area (TPSA) is 91.0 Å². The summed E-state index contributed by atoms with van der Waals surface area (Å²) >= 11 is 9.50. The number of nitrogens with zero attached hydrogens (tertiary/aromatic N) is 4. The Labute approximate surface area is 184 Å². The Kier molecular flexibility index (Phi) is 6.43. The van der Waals surface area contributed by atoms with Gasteiger partial charge in [0.1, 0.15) is 6.04 Å². The maximum absolute atomic E-state index is 13.5. The second-order valence-electron chi connectivity index (χ2n) is 6.95. The van der Waals surface area contributed by atoms with Gasteiger partial charge < -0.3 is 10.2 Å². The number of hydrogen-bond acceptors (Lipinski definition) is 4. The third kappa shape index (κ3) is 4.79. The summed E-state index contributed by atoms with van der Waals surface area (Å²) in [5.74, 6) is -4.40. The van der Waals surface area contributed by atoms with Crippen molar-refractivity contribution in [2.75, 3.05) is 13.1 Å². The Balaban J connectivity index is 1.64. The highest BCUT2D eigenvalue weighted by molar-refractivity contribution is 9.10. The van der Waals surface area contributed by atoms with E-state index in [9.17, 15) is 18.4 Å². The molecule has 7 nitrogen and oxygen atoms in total. The maximum atomic E-state index is 13.5. The van der Waals surface area contributed by atoms with Gasteiger partial charge >= 0.3 is 0 Å². The fourth-order valence-electron chi connectivity index (χ4n) is 3.21. The molecule has 30 heavy (non-hydrogen) atoms. The zero-order valence-corrected chi connectivity index (χ0v) is 18.2. The van der Waals surface area contributed by atoms with Crippen molar-refractivity contribution >= 4 is 39.3 Å². The van der Waals surface area contributed by atoms with Crippen molar-refractivity contribution in [2.45, 2.75) is 31.9 Å². The average Bonchev–Trinajstić information content (AvgIpc) is 3.21. The van der Waals surface area contributed by atoms with Crippen LogP contribution in [0.4, 0.5) is 8.78 Å². The summed E-state index contributed by atoms with van der Waals surface area (Å²) in [5, 5.41) is 16.3. The van der Waals surface area contributed by atoms with Crippen LogP contribution in [0.5, 0.6) is 0 Å². The second kappa shape index (κ2) is 8.70. The van der Waals surface area contributed by atoms with Crippen LogP contribution in [0.3, 0.4) is 0 Å². The van der Waals surface area contributed by atoms with E-state index in [1.54, 1.807) is 29.8 Å². The average molecular weight is 501 g/mol. The molecule has 0 aliphatic carbocycles. The molecule has 0 unspecified atom stereocenters. The fourth-order valence-corrected chi connectivity index (χ4v) is 3.80. The van der Waals surface area contributed by atoms with Gasteiger partial charge in [0, 0.05) is 17.1 Å². The van der Waals surface area contributed by atoms with Crippen molar-refractivity contribution in [1.29, 1.82) is 5.26 Å². The van der Waals surface area contributed by atoms with E-state index in [2.05, 4.69) is 26.3 Å². The van der Waals surface area contributed by atoms with Gasteiger partial charge in [-0.15, -0.1) is 0 Å². The lowest BCUT2D eigenvalue weighted by atomic mass is 10.2. The second-order valence-corrected chi connectivity index (χ2v) is 8.15. The summed E-state index contributed by atoms with van der Waals surface area (Å²) in [7, 11) is 0. The highest BCUT2D eigenvalue weighted by Gasteiger charge is 2.47. The molecule has 3 rings (SSSR count). The van der Waals surface area contributed by atoms with E-state index < -0.39 is 43.3 Å². The minimum absolute atomic E-state index is 0.254. The number of amides is 2. The van der Waals surface area contributed by atoms with Crippen molar-refractivity contribution in [1.82, 2.24) is 20.0 Å². The van der Waals surface area contributed by atoms with Crippen LogP contribution in [0, 0.1) is 18.3 Å². The summed E-state index contributed by atoms with van der Waals surface area (Å²) in [6, 6.07) is 5.90. The van der Waals surface area contributed by atoms with Crippen molar-refractivity contribution in [3.8, 4) is 6.07 Å². The third-order valence-corrected chi connectivity index (χ3v) is 6.17. The molecule has 0 spiro atoms. The van der Waals surface area contributed by atoms with Gasteiger partial charge in [-0.05, 0) is 34.5 Å². The van der Waals surface area contributed by atoms with E-state index in [-0.39, 0.29) is 5.56 Å². The van der Waals surface area contributed by atoms with Crippen molar-refractivity contribution in [3.63, 3.8) is 0 Å². The maximum Gasteiger partial charge on any atom is 0.268 e. The molecular weight excluding hydrogens is 484 g/mol. The SMILES string of the molecule is Cc1nn(Cc2cccc(Cl)c2Br)cc1C(=O)NCC(=O)N1CC(F)(F)C[C@H]1C#N. The third-order valence-electron chi connectivity index (χ3n) is 4.69. The van der Waals surface area contributed by atoms with Crippen LogP contribution < -0.4 is 5.32 Å². The standard InChI is InChI=1S/C19H17BrClF2N5O2/c1-11-14(9-27(26-11)8-12-3-2-4-15(21)17(12)20)18(30)25-7-16(29)28-10-19(22,23)5-13(28)6-24/h2-4,9,13H,5,7-8,10H2,1H3,(H,25,30)/t13-/m0/s1. The lowest BCUT2D eigenvalue weighted by Gasteiger charge is -2.19. The summed E-state index contributed by atoms with van der Waals surface area (Å²) < 4.78 is 29.3. The zero-order chi connectivity index (χ0) is 22.1. The van der Waals surface area contributed by atoms with Crippen molar-refractivity contribution < 1.29 is 18.4 Å². The molecule has 2 aromatic rings. The van der Waals surface area contributed by atoms with Gasteiger partial charge in [-0.2, -0.15) is 10.4 Å². The first-order valence-electron chi connectivity index (χ1n) is 8.93. The highest BCUT2D eigenvalue weighted by atomic mass is 79.9. The van der Waals surface area contributed by atoms with Gasteiger partial charge in [-0.25, -0.2) is 8.78 Å². The quantitative estimate of drug-likeness (QED) is 0.683. The number of aryl methyl sites for hydroxylation is 1. The van der Waals surface area contributed by atoms with E-state index in [0.717, 1.165) is 14.9 Å². The molecule has 0 bridgehead atoms. The smallest absolute Gasteiger partial charge is 0.268 e. The number of hydrogen-bond donors (Lipinski definition) is 1. The molecule has 0 radical (unpaired) electrons. The zero-order valence-electron chi connectivity index (χ0n) is 15.8. The van der Waals surface area contributed by atoms with E-state index in [0.29, 0.717) is 17.3 Å². The Bertz CT molecular complexity index is 1040. The molecule has 1 atom stereocenters. The molecular formula is C19H17BrClF2N5O2. The molecule has 2 heterocycles. The van der Waals surface area contributed by atoms with Crippen LogP contribution in [-0.4, -0.2) is 51.5 Å². The van der Waals surface area contributed by atoms with Crippen LogP contribution in [0.15, 0.2) is 28.9 Å². The summed E-state index contributed by atoms with van der Waals surface area (Å²) in [5.41, 5.74) is 1.56. The Morgan fingerprint density at radius 3 is 2.90 bits per heavy atom. The van der Waals surface area contributed by atoms with Crippen LogP contribution in [0.2, 0.25) is 5.02 Å². The molecule has 158 valence electrons. The predicted molar refractivity (Wildman–Crippen MR) is 108 cm³/mol. The van der Waals surface area contributed by atoms with Gasteiger partial charge in [0.2, 0.25) is 5.91 Å². The number of likely N-dealkylation sites (tertiary alicyclic amines) is 1. The molecule has 1 aromatic carbocycles. The summed E-state index contributed by atoms with van der Waals surface area (Å²) in [6.45, 7) is 0.691. The van der Waals surface area contributed by atoms with Gasteiger partial charge in [-0.3, -0.25) is 14.3 Å². The number of nitriles is 1. The first kappa shape index (κ1) is 22.2. The Morgan fingerprint density at radius 1 is 1.47 bits per heavy atom. The van der Waals surface area contributed by atoms with Crippen LogP contribution in [0.1, 0.15) is 28.0 Å². The number of alkyl halides is 2. The molecule has 11 heteroatoms. The first-order chi connectivity index (χ1) is 14.1. The predicted octanol–water partition coefficient (Wildman–Crippen LogP) is 3.15. The van der Waals surface area contributed by atoms with Gasteiger partial charge in [-0.1, -0.05) is 23.7 Å². The molecule has 1 fully saturated rings. The van der Waals surface area contributed by atoms with E-state index >= 15 is 0 Å². The monoisotopic (exact) mass is 499 g/mol. The number of carbonyl (C=O) groups is 2. The van der Waals surface area contributed by atoms with E-state index in [1.807, 2.05) is 6.07 Å². The Morgan fingerprint density at radius 2 is 2.20 bits per heavy atom. The largest absolute Gasteiger partial charge is 0.343 e. The molecule has 1 aromatic heterocycles. The number of benzene rings is 1. The summed E-state index contributed by atoms with van der Waals surface area (Å²) in [6.07, 6.45) is 0.832. The number of aromatic nitrogens is 2. The lowest BCUT2D eigenvalue weighted by Crippen LogP contribution is -2.43. The summed E-state index contributed by atoms with van der Waals surface area (Å²) in [4.78, 5) is 25.5. The first-order valence-corrected chi connectivity index (χ1v) is 10.1. The minimum Gasteiger partial charge on any atom is -0.343 e. The van der Waals surface area contributed by atoms with E-state index in [4.69, 9.17) is 16.9 Å². The van der Waals surface area contributed by atoms with Crippen LogP contribution in [-0.2, 0) is 11.3 Å². The highest BCUT2D eigenvalue weighted by Crippen LogP contribution is 2.31. The molecule has 0 saturated carbocycles. The number of halogens is 4.